The smallest absolute Gasteiger partial charge is 0.310 e. The highest BCUT2D eigenvalue weighted by molar-refractivity contribution is 5.87. The lowest BCUT2D eigenvalue weighted by Gasteiger charge is -2.36. The quantitative estimate of drug-likeness (QED) is 0.624. The van der Waals surface area contributed by atoms with Gasteiger partial charge in [-0.05, 0) is 30.7 Å². The molecule has 2 aromatic carbocycles. The molecule has 1 aliphatic heterocycles. The van der Waals surface area contributed by atoms with Crippen molar-refractivity contribution in [3.63, 3.8) is 0 Å². The molecule has 150 valence electrons. The Morgan fingerprint density at radius 3 is 2.55 bits per heavy atom. The van der Waals surface area contributed by atoms with E-state index in [1.165, 1.54) is 0 Å². The highest BCUT2D eigenvalue weighted by Gasteiger charge is 2.22. The molecule has 4 rings (SSSR count). The Labute approximate surface area is 169 Å². The van der Waals surface area contributed by atoms with Gasteiger partial charge in [0.05, 0.1) is 12.7 Å². The molecule has 6 heteroatoms. The van der Waals surface area contributed by atoms with Crippen LogP contribution >= 0.6 is 0 Å². The van der Waals surface area contributed by atoms with Crippen molar-refractivity contribution in [2.45, 2.75) is 13.3 Å². The number of piperazine rings is 1. The van der Waals surface area contributed by atoms with Crippen LogP contribution in [0.25, 0.3) is 11.0 Å². The highest BCUT2D eigenvalue weighted by Crippen LogP contribution is 2.23. The number of carbonyl (C=O) groups is 2. The number of amides is 1. The number of furan rings is 1. The summed E-state index contributed by atoms with van der Waals surface area (Å²) in [5.41, 5.74) is 3.78. The maximum Gasteiger partial charge on any atom is 0.310 e. The van der Waals surface area contributed by atoms with E-state index in [4.69, 9.17) is 9.15 Å². The number of carbonyl (C=O) groups excluding carboxylic acids is 2. The fourth-order valence-corrected chi connectivity index (χ4v) is 3.62. The van der Waals surface area contributed by atoms with Gasteiger partial charge in [0.15, 0.2) is 6.61 Å². The molecule has 0 aliphatic carbocycles. The number of hydrogen-bond acceptors (Lipinski definition) is 5. The Morgan fingerprint density at radius 2 is 1.79 bits per heavy atom. The number of para-hydroxylation sites is 1. The van der Waals surface area contributed by atoms with Crippen LogP contribution in [0.1, 0.15) is 11.1 Å². The fourth-order valence-electron chi connectivity index (χ4n) is 3.62. The van der Waals surface area contributed by atoms with Gasteiger partial charge in [0.2, 0.25) is 0 Å². The summed E-state index contributed by atoms with van der Waals surface area (Å²) < 4.78 is 10.7. The van der Waals surface area contributed by atoms with Crippen molar-refractivity contribution in [1.29, 1.82) is 0 Å². The molecule has 0 atom stereocenters. The molecule has 0 saturated carbocycles. The number of rotatable bonds is 5. The molecular formula is C23H24N2O4. The van der Waals surface area contributed by atoms with E-state index in [0.717, 1.165) is 40.9 Å². The minimum Gasteiger partial charge on any atom is -0.464 e. The van der Waals surface area contributed by atoms with E-state index in [9.17, 15) is 9.59 Å². The molecule has 0 radical (unpaired) electrons. The van der Waals surface area contributed by atoms with Crippen molar-refractivity contribution in [3.8, 4) is 0 Å². The minimum atomic E-state index is -0.426. The van der Waals surface area contributed by atoms with Crippen LogP contribution in [-0.4, -0.2) is 49.6 Å². The first-order valence-corrected chi connectivity index (χ1v) is 9.80. The number of nitrogens with zero attached hydrogens (tertiary/aromatic N) is 2. The number of fused-ring (bicyclic) bond motifs is 1. The van der Waals surface area contributed by atoms with E-state index in [2.05, 4.69) is 17.0 Å². The number of benzene rings is 2. The second kappa shape index (κ2) is 8.39. The number of hydrogen-bond donors (Lipinski definition) is 0. The summed E-state index contributed by atoms with van der Waals surface area (Å²) in [6, 6.07) is 16.0. The Bertz CT molecular complexity index is 1000. The summed E-state index contributed by atoms with van der Waals surface area (Å²) >= 11 is 0. The first kappa shape index (κ1) is 19.1. The van der Waals surface area contributed by atoms with Gasteiger partial charge in [0.1, 0.15) is 5.58 Å². The Kier molecular flexibility index (Phi) is 5.51. The zero-order valence-corrected chi connectivity index (χ0v) is 16.5. The van der Waals surface area contributed by atoms with Crippen molar-refractivity contribution in [1.82, 2.24) is 4.90 Å². The molecule has 3 aromatic rings. The molecule has 2 heterocycles. The molecule has 1 aromatic heterocycles. The van der Waals surface area contributed by atoms with Gasteiger partial charge in [-0.25, -0.2) is 0 Å². The van der Waals surface area contributed by atoms with E-state index < -0.39 is 5.97 Å². The predicted octanol–water partition coefficient (Wildman–Crippen LogP) is 3.18. The third kappa shape index (κ3) is 4.42. The molecule has 6 nitrogen and oxygen atoms in total. The molecule has 0 N–H and O–H groups in total. The Morgan fingerprint density at radius 1 is 1.03 bits per heavy atom. The maximum absolute atomic E-state index is 12.4. The fraction of sp³-hybridized carbons (Fsp3) is 0.304. The number of esters is 1. The largest absolute Gasteiger partial charge is 0.464 e. The topological polar surface area (TPSA) is 63.0 Å². The number of ether oxygens (including phenoxy) is 1. The average molecular weight is 392 g/mol. The molecule has 1 amide bonds. The average Bonchev–Trinajstić information content (AvgIpc) is 3.14. The molecule has 0 spiro atoms. The summed E-state index contributed by atoms with van der Waals surface area (Å²) in [7, 11) is 0. The summed E-state index contributed by atoms with van der Waals surface area (Å²) in [6.45, 7) is 4.54. The zero-order valence-electron chi connectivity index (χ0n) is 16.5. The van der Waals surface area contributed by atoms with Gasteiger partial charge in [0, 0.05) is 42.8 Å². The first-order valence-electron chi connectivity index (χ1n) is 9.80. The van der Waals surface area contributed by atoms with Crippen LogP contribution < -0.4 is 4.90 Å². The van der Waals surface area contributed by atoms with Gasteiger partial charge in [-0.1, -0.05) is 30.3 Å². The van der Waals surface area contributed by atoms with Gasteiger partial charge in [-0.2, -0.15) is 0 Å². The lowest BCUT2D eigenvalue weighted by Crippen LogP contribution is -2.49. The van der Waals surface area contributed by atoms with Crippen molar-refractivity contribution >= 4 is 28.5 Å². The van der Waals surface area contributed by atoms with Crippen molar-refractivity contribution < 1.29 is 18.7 Å². The lowest BCUT2D eigenvalue weighted by atomic mass is 10.1. The molecule has 1 fully saturated rings. The molecule has 29 heavy (non-hydrogen) atoms. The summed E-state index contributed by atoms with van der Waals surface area (Å²) in [5, 5.41) is 0.899. The number of anilines is 1. The molecular weight excluding hydrogens is 368 g/mol. The van der Waals surface area contributed by atoms with Crippen LogP contribution in [0.4, 0.5) is 5.69 Å². The van der Waals surface area contributed by atoms with Gasteiger partial charge < -0.3 is 19.0 Å². The summed E-state index contributed by atoms with van der Waals surface area (Å²) in [4.78, 5) is 28.6. The van der Waals surface area contributed by atoms with Crippen molar-refractivity contribution in [2.24, 2.45) is 0 Å². The summed E-state index contributed by atoms with van der Waals surface area (Å²) in [6.07, 6.45) is 1.67. The molecule has 1 saturated heterocycles. The summed E-state index contributed by atoms with van der Waals surface area (Å²) in [5.74, 6) is -0.580. The SMILES string of the molecule is Cc1ccc2c(CC(=O)OCC(=O)N3CCN(c4ccccc4)CC3)coc2c1. The van der Waals surface area contributed by atoms with Gasteiger partial charge in [-0.15, -0.1) is 0 Å². The molecule has 0 unspecified atom stereocenters. The van der Waals surface area contributed by atoms with Gasteiger partial charge in [0.25, 0.3) is 5.91 Å². The highest BCUT2D eigenvalue weighted by atomic mass is 16.5. The lowest BCUT2D eigenvalue weighted by molar-refractivity contribution is -0.151. The second-order valence-corrected chi connectivity index (χ2v) is 7.30. The monoisotopic (exact) mass is 392 g/mol. The maximum atomic E-state index is 12.4. The Balaban J connectivity index is 1.26. The van der Waals surface area contributed by atoms with E-state index in [1.807, 2.05) is 43.3 Å². The zero-order chi connectivity index (χ0) is 20.2. The van der Waals surface area contributed by atoms with E-state index in [1.54, 1.807) is 11.2 Å². The van der Waals surface area contributed by atoms with Crippen LogP contribution in [0.2, 0.25) is 0 Å². The third-order valence-corrected chi connectivity index (χ3v) is 5.26. The van der Waals surface area contributed by atoms with E-state index in [-0.39, 0.29) is 18.9 Å². The van der Waals surface area contributed by atoms with E-state index >= 15 is 0 Å². The van der Waals surface area contributed by atoms with Crippen LogP contribution in [0.5, 0.6) is 0 Å². The minimum absolute atomic E-state index is 0.0884. The third-order valence-electron chi connectivity index (χ3n) is 5.26. The van der Waals surface area contributed by atoms with Crippen LogP contribution in [-0.2, 0) is 20.7 Å². The van der Waals surface area contributed by atoms with Crippen molar-refractivity contribution in [3.05, 3.63) is 65.9 Å². The second-order valence-electron chi connectivity index (χ2n) is 7.30. The van der Waals surface area contributed by atoms with E-state index in [0.29, 0.717) is 13.1 Å². The number of aryl methyl sites for hydroxylation is 1. The normalized spacial score (nSPS) is 14.2. The predicted molar refractivity (Wildman–Crippen MR) is 111 cm³/mol. The molecule has 0 bridgehead atoms. The standard InChI is InChI=1S/C23H24N2O4/c1-17-7-8-20-18(15-28-21(20)13-17)14-23(27)29-16-22(26)25-11-9-24(10-12-25)19-5-3-2-4-6-19/h2-8,13,15H,9-12,14,16H2,1H3. The van der Waals surface area contributed by atoms with Crippen LogP contribution in [0, 0.1) is 6.92 Å². The Hall–Kier alpha value is -3.28. The van der Waals surface area contributed by atoms with Gasteiger partial charge in [-0.3, -0.25) is 9.59 Å². The van der Waals surface area contributed by atoms with Crippen molar-refractivity contribution in [2.75, 3.05) is 37.7 Å². The van der Waals surface area contributed by atoms with Crippen LogP contribution in [0.3, 0.4) is 0 Å². The molecule has 1 aliphatic rings. The van der Waals surface area contributed by atoms with Crippen LogP contribution in [0.15, 0.2) is 59.2 Å². The first-order chi connectivity index (χ1) is 14.1. The van der Waals surface area contributed by atoms with Gasteiger partial charge >= 0.3 is 5.97 Å².